The number of esters is 1. The van der Waals surface area contributed by atoms with Crippen LogP contribution in [0.5, 0.6) is 0 Å². The van der Waals surface area contributed by atoms with E-state index in [1.54, 1.807) is 13.0 Å². The van der Waals surface area contributed by atoms with Crippen LogP contribution in [0.2, 0.25) is 0 Å². The van der Waals surface area contributed by atoms with Gasteiger partial charge in [-0.05, 0) is 37.5 Å². The lowest BCUT2D eigenvalue weighted by Gasteiger charge is -2.26. The molecule has 0 spiro atoms. The Morgan fingerprint density at radius 1 is 1.32 bits per heavy atom. The van der Waals surface area contributed by atoms with Crippen LogP contribution in [-0.2, 0) is 24.2 Å². The number of ether oxygens (including phenoxy) is 1. The van der Waals surface area contributed by atoms with Crippen molar-refractivity contribution in [3.63, 3.8) is 0 Å². The van der Waals surface area contributed by atoms with E-state index in [-0.39, 0.29) is 30.1 Å². The number of benzene rings is 1. The molecular weight excluding hydrogens is 342 g/mol. The Bertz CT molecular complexity index is 769. The monoisotopic (exact) mass is 365 g/mol. The molecule has 1 amide bonds. The lowest BCUT2D eigenvalue weighted by molar-refractivity contribution is -0.149. The second-order valence-electron chi connectivity index (χ2n) is 6.03. The molecule has 1 aliphatic heterocycles. The van der Waals surface area contributed by atoms with E-state index < -0.39 is 15.8 Å². The summed E-state index contributed by atoms with van der Waals surface area (Å²) in [5.74, 6) is -0.900. The highest BCUT2D eigenvalue weighted by Gasteiger charge is 2.34. The van der Waals surface area contributed by atoms with Gasteiger partial charge in [0.1, 0.15) is 0 Å². The van der Waals surface area contributed by atoms with Gasteiger partial charge < -0.3 is 9.64 Å². The zero-order valence-electron chi connectivity index (χ0n) is 14.5. The number of amides is 1. The zero-order valence-corrected chi connectivity index (χ0v) is 15.3. The van der Waals surface area contributed by atoms with Crippen molar-refractivity contribution in [2.45, 2.75) is 26.3 Å². The molecule has 1 aromatic rings. The molecule has 1 aromatic carbocycles. The number of hydrogen-bond acceptors (Lipinski definition) is 5. The standard InChI is InChI=1S/C18H23NO5S/c1-3-19(16-10-11-25(22,23)13-16)17(20)12-24-18(21)9-8-15-7-5-4-6-14(15)2/h4-9,16H,3,10-13H2,1-2H3/b9-8+/t16-/m1/s1. The summed E-state index contributed by atoms with van der Waals surface area (Å²) in [4.78, 5) is 25.5. The molecule has 1 atom stereocenters. The van der Waals surface area contributed by atoms with Crippen LogP contribution in [0.1, 0.15) is 24.5 Å². The van der Waals surface area contributed by atoms with Crippen LogP contribution in [0.3, 0.4) is 0 Å². The molecule has 6 nitrogen and oxygen atoms in total. The summed E-state index contributed by atoms with van der Waals surface area (Å²) < 4.78 is 28.1. The Morgan fingerprint density at radius 3 is 2.64 bits per heavy atom. The first kappa shape index (κ1) is 19.2. The average Bonchev–Trinajstić information content (AvgIpc) is 2.92. The third kappa shape index (κ3) is 5.42. The molecule has 2 rings (SSSR count). The largest absolute Gasteiger partial charge is 0.452 e. The molecule has 25 heavy (non-hydrogen) atoms. The van der Waals surface area contributed by atoms with Crippen molar-refractivity contribution in [3.05, 3.63) is 41.5 Å². The average molecular weight is 365 g/mol. The van der Waals surface area contributed by atoms with E-state index in [4.69, 9.17) is 4.74 Å². The number of rotatable bonds is 6. The van der Waals surface area contributed by atoms with Crippen molar-refractivity contribution in [2.75, 3.05) is 24.7 Å². The normalized spacial score (nSPS) is 19.0. The fourth-order valence-electron chi connectivity index (χ4n) is 2.85. The van der Waals surface area contributed by atoms with Crippen LogP contribution in [0, 0.1) is 6.92 Å². The number of carbonyl (C=O) groups is 2. The maximum atomic E-state index is 12.2. The van der Waals surface area contributed by atoms with Gasteiger partial charge in [-0.25, -0.2) is 13.2 Å². The van der Waals surface area contributed by atoms with Crippen molar-refractivity contribution in [2.24, 2.45) is 0 Å². The molecule has 1 saturated heterocycles. The Kier molecular flexibility index (Phi) is 6.36. The molecule has 0 radical (unpaired) electrons. The Balaban J connectivity index is 1.88. The van der Waals surface area contributed by atoms with E-state index in [2.05, 4.69) is 0 Å². The lowest BCUT2D eigenvalue weighted by Crippen LogP contribution is -2.43. The Hall–Kier alpha value is -2.15. The molecule has 136 valence electrons. The highest BCUT2D eigenvalue weighted by atomic mass is 32.2. The van der Waals surface area contributed by atoms with Gasteiger partial charge in [-0.15, -0.1) is 0 Å². The molecule has 1 aliphatic rings. The number of hydrogen-bond donors (Lipinski definition) is 0. The van der Waals surface area contributed by atoms with Gasteiger partial charge >= 0.3 is 5.97 Å². The van der Waals surface area contributed by atoms with Gasteiger partial charge in [-0.1, -0.05) is 24.3 Å². The molecule has 0 bridgehead atoms. The molecule has 1 heterocycles. The van der Waals surface area contributed by atoms with E-state index in [9.17, 15) is 18.0 Å². The summed E-state index contributed by atoms with van der Waals surface area (Å²) in [7, 11) is -3.07. The third-order valence-electron chi connectivity index (χ3n) is 4.24. The highest BCUT2D eigenvalue weighted by molar-refractivity contribution is 7.91. The molecule has 7 heteroatoms. The molecular formula is C18H23NO5S. The zero-order chi connectivity index (χ0) is 18.4. The SMILES string of the molecule is CCN(C(=O)COC(=O)/C=C/c1ccccc1C)[C@@H]1CCS(=O)(=O)C1. The third-order valence-corrected chi connectivity index (χ3v) is 5.99. The molecule has 0 unspecified atom stereocenters. The number of nitrogens with zero attached hydrogens (tertiary/aromatic N) is 1. The Morgan fingerprint density at radius 2 is 2.04 bits per heavy atom. The van der Waals surface area contributed by atoms with Crippen molar-refractivity contribution in [1.29, 1.82) is 0 Å². The highest BCUT2D eigenvalue weighted by Crippen LogP contribution is 2.18. The Labute approximate surface area is 148 Å². The van der Waals surface area contributed by atoms with Crippen molar-refractivity contribution in [3.8, 4) is 0 Å². The summed E-state index contributed by atoms with van der Waals surface area (Å²) in [5, 5.41) is 0. The van der Waals surface area contributed by atoms with Crippen LogP contribution < -0.4 is 0 Å². The molecule has 0 aliphatic carbocycles. The van der Waals surface area contributed by atoms with Crippen LogP contribution >= 0.6 is 0 Å². The molecule has 0 saturated carbocycles. The molecule has 0 aromatic heterocycles. The second-order valence-corrected chi connectivity index (χ2v) is 8.26. The molecule has 0 N–H and O–H groups in total. The maximum Gasteiger partial charge on any atom is 0.331 e. The van der Waals surface area contributed by atoms with Gasteiger partial charge in [0, 0.05) is 18.7 Å². The van der Waals surface area contributed by atoms with E-state index in [1.807, 2.05) is 31.2 Å². The minimum absolute atomic E-state index is 0.0201. The smallest absolute Gasteiger partial charge is 0.331 e. The quantitative estimate of drug-likeness (QED) is 0.565. The van der Waals surface area contributed by atoms with Gasteiger partial charge in [0.2, 0.25) is 0 Å². The second kappa shape index (κ2) is 8.29. The van der Waals surface area contributed by atoms with E-state index in [1.165, 1.54) is 11.0 Å². The van der Waals surface area contributed by atoms with Gasteiger partial charge in [0.25, 0.3) is 5.91 Å². The number of aryl methyl sites for hydroxylation is 1. The summed E-state index contributed by atoms with van der Waals surface area (Å²) in [6, 6.07) is 7.26. The van der Waals surface area contributed by atoms with Crippen molar-refractivity contribution in [1.82, 2.24) is 4.90 Å². The van der Waals surface area contributed by atoms with Gasteiger partial charge in [0.05, 0.1) is 11.5 Å². The first-order valence-electron chi connectivity index (χ1n) is 8.22. The first-order chi connectivity index (χ1) is 11.8. The van der Waals surface area contributed by atoms with E-state index >= 15 is 0 Å². The van der Waals surface area contributed by atoms with Crippen LogP contribution in [0.15, 0.2) is 30.3 Å². The van der Waals surface area contributed by atoms with Crippen LogP contribution in [-0.4, -0.2) is 55.9 Å². The van der Waals surface area contributed by atoms with Crippen molar-refractivity contribution >= 4 is 27.8 Å². The summed E-state index contributed by atoms with van der Waals surface area (Å²) in [5.41, 5.74) is 1.93. The van der Waals surface area contributed by atoms with E-state index in [0.717, 1.165) is 11.1 Å². The fourth-order valence-corrected chi connectivity index (χ4v) is 4.59. The molecule has 1 fully saturated rings. The van der Waals surface area contributed by atoms with Crippen LogP contribution in [0.25, 0.3) is 6.08 Å². The maximum absolute atomic E-state index is 12.2. The van der Waals surface area contributed by atoms with Gasteiger partial charge in [0.15, 0.2) is 16.4 Å². The summed E-state index contributed by atoms with van der Waals surface area (Å²) >= 11 is 0. The number of likely N-dealkylation sites (N-methyl/N-ethyl adjacent to an activating group) is 1. The fraction of sp³-hybridized carbons (Fsp3) is 0.444. The predicted octanol–water partition coefficient (Wildman–Crippen LogP) is 1.59. The number of sulfone groups is 1. The lowest BCUT2D eigenvalue weighted by atomic mass is 10.1. The topological polar surface area (TPSA) is 80.8 Å². The number of carbonyl (C=O) groups excluding carboxylic acids is 2. The summed E-state index contributed by atoms with van der Waals surface area (Å²) in [6.45, 7) is 3.71. The minimum Gasteiger partial charge on any atom is -0.452 e. The van der Waals surface area contributed by atoms with Crippen molar-refractivity contribution < 1.29 is 22.7 Å². The predicted molar refractivity (Wildman–Crippen MR) is 95.6 cm³/mol. The minimum atomic E-state index is -3.07. The van der Waals surface area contributed by atoms with Crippen LogP contribution in [0.4, 0.5) is 0 Å². The first-order valence-corrected chi connectivity index (χ1v) is 10.0. The van der Waals surface area contributed by atoms with Gasteiger partial charge in [-0.3, -0.25) is 4.79 Å². The van der Waals surface area contributed by atoms with Gasteiger partial charge in [-0.2, -0.15) is 0 Å². The summed E-state index contributed by atoms with van der Waals surface area (Å²) in [6.07, 6.45) is 3.36. The van der Waals surface area contributed by atoms with E-state index in [0.29, 0.717) is 13.0 Å².